The molecule has 3 aromatic carbocycles. The number of amides is 2. The molecule has 3 aromatic rings. The van der Waals surface area contributed by atoms with Gasteiger partial charge in [-0.05, 0) is 50.5 Å². The second-order valence-electron chi connectivity index (χ2n) is 9.66. The maximum absolute atomic E-state index is 12.7. The van der Waals surface area contributed by atoms with Crippen LogP contribution in [0.4, 0.5) is 11.4 Å². The first kappa shape index (κ1) is 26.9. The van der Waals surface area contributed by atoms with Crippen molar-refractivity contribution in [3.63, 3.8) is 0 Å². The molecule has 0 fully saturated rings. The lowest BCUT2D eigenvalue weighted by molar-refractivity contribution is 0.0651. The number of nitrogens with zero attached hydrogens (tertiary/aromatic N) is 2. The van der Waals surface area contributed by atoms with Crippen LogP contribution in [-0.2, 0) is 6.42 Å². The first-order valence-electron chi connectivity index (χ1n) is 12.8. The maximum Gasteiger partial charge on any atom is 0.261 e. The summed E-state index contributed by atoms with van der Waals surface area (Å²) in [5.74, 6) is 1.32. The van der Waals surface area contributed by atoms with Crippen molar-refractivity contribution in [2.24, 2.45) is 0 Å². The molecular weight excluding hydrogens is 537 g/mol. The van der Waals surface area contributed by atoms with Gasteiger partial charge in [-0.2, -0.15) is 0 Å². The Morgan fingerprint density at radius 3 is 2.41 bits per heavy atom. The van der Waals surface area contributed by atoms with Gasteiger partial charge >= 0.3 is 0 Å². The minimum Gasteiger partial charge on any atom is -0.493 e. The molecule has 0 spiro atoms. The zero-order chi connectivity index (χ0) is 27.7. The number of anilines is 2. The lowest BCUT2D eigenvalue weighted by Crippen LogP contribution is -2.31. The predicted molar refractivity (Wildman–Crippen MR) is 155 cm³/mol. The molecular formula is C30H29Cl2N3O4. The van der Waals surface area contributed by atoms with Crippen molar-refractivity contribution in [3.8, 4) is 17.2 Å². The summed E-state index contributed by atoms with van der Waals surface area (Å²) in [6, 6.07) is 14.1. The predicted octanol–water partition coefficient (Wildman–Crippen LogP) is 7.18. The normalized spacial score (nSPS) is 14.8. The summed E-state index contributed by atoms with van der Waals surface area (Å²) in [5, 5.41) is 4.48. The highest BCUT2D eigenvalue weighted by molar-refractivity contribution is 6.42. The van der Waals surface area contributed by atoms with E-state index in [9.17, 15) is 9.59 Å². The summed E-state index contributed by atoms with van der Waals surface area (Å²) >= 11 is 12.3. The highest BCUT2D eigenvalue weighted by Gasteiger charge is 2.34. The van der Waals surface area contributed by atoms with Crippen LogP contribution in [0.3, 0.4) is 0 Å². The molecule has 2 amide bonds. The quantitative estimate of drug-likeness (QED) is 0.277. The van der Waals surface area contributed by atoms with Gasteiger partial charge in [-0.3, -0.25) is 14.5 Å². The lowest BCUT2D eigenvalue weighted by atomic mass is 10.0. The van der Waals surface area contributed by atoms with E-state index in [1.165, 1.54) is 4.90 Å². The van der Waals surface area contributed by atoms with Crippen LogP contribution in [0.1, 0.15) is 46.0 Å². The molecule has 0 bridgehead atoms. The molecule has 5 rings (SSSR count). The molecule has 9 heteroatoms. The Kier molecular flexibility index (Phi) is 7.73. The Balaban J connectivity index is 1.32. The van der Waals surface area contributed by atoms with E-state index >= 15 is 0 Å². The molecule has 39 heavy (non-hydrogen) atoms. The van der Waals surface area contributed by atoms with Crippen molar-refractivity contribution < 1.29 is 19.1 Å². The molecule has 2 aliphatic heterocycles. The number of methoxy groups -OCH3 is 1. The van der Waals surface area contributed by atoms with Crippen molar-refractivity contribution in [1.82, 2.24) is 4.90 Å². The minimum absolute atomic E-state index is 0.0649. The number of allylic oxidation sites excluding steroid dienone is 1. The van der Waals surface area contributed by atoms with Crippen molar-refractivity contribution in [2.75, 3.05) is 30.9 Å². The third-order valence-electron chi connectivity index (χ3n) is 6.95. The third-order valence-corrected chi connectivity index (χ3v) is 7.69. The highest BCUT2D eigenvalue weighted by Crippen LogP contribution is 2.47. The molecule has 0 aliphatic carbocycles. The largest absolute Gasteiger partial charge is 0.493 e. The number of imide groups is 1. The number of nitrogens with one attached hydrogen (secondary N) is 1. The molecule has 0 saturated heterocycles. The molecule has 0 saturated carbocycles. The SMILES string of the molecule is COc1cc(NC(C)CCCN2C(=O)c3ccccc3C2=O)c2c(c1Oc1ccc(Cl)c(Cl)c1)CC=CN2C. The number of carbonyl (C=O) groups excluding carboxylic acids is 2. The summed E-state index contributed by atoms with van der Waals surface area (Å²) in [6.45, 7) is 2.46. The molecule has 0 aromatic heterocycles. The zero-order valence-electron chi connectivity index (χ0n) is 22.0. The van der Waals surface area contributed by atoms with Gasteiger partial charge in [0.25, 0.3) is 11.8 Å². The number of carbonyl (C=O) groups is 2. The molecule has 2 aliphatic rings. The van der Waals surface area contributed by atoms with Gasteiger partial charge in [0.05, 0.1) is 39.7 Å². The van der Waals surface area contributed by atoms with E-state index in [0.717, 1.165) is 23.4 Å². The van der Waals surface area contributed by atoms with E-state index in [0.29, 0.717) is 57.8 Å². The molecule has 0 radical (unpaired) electrons. The Morgan fingerprint density at radius 2 is 1.74 bits per heavy atom. The van der Waals surface area contributed by atoms with Gasteiger partial charge in [0.2, 0.25) is 0 Å². The average molecular weight is 566 g/mol. The van der Waals surface area contributed by atoms with Gasteiger partial charge in [-0.25, -0.2) is 0 Å². The molecule has 202 valence electrons. The fourth-order valence-electron chi connectivity index (χ4n) is 5.05. The zero-order valence-corrected chi connectivity index (χ0v) is 23.5. The molecule has 1 N–H and O–H groups in total. The molecule has 2 heterocycles. The van der Waals surface area contributed by atoms with E-state index < -0.39 is 0 Å². The molecule has 1 unspecified atom stereocenters. The van der Waals surface area contributed by atoms with Crippen molar-refractivity contribution >= 4 is 46.4 Å². The van der Waals surface area contributed by atoms with E-state index in [1.807, 2.05) is 24.2 Å². The molecule has 7 nitrogen and oxygen atoms in total. The van der Waals surface area contributed by atoms with Crippen LogP contribution in [0.5, 0.6) is 17.2 Å². The van der Waals surface area contributed by atoms with Gasteiger partial charge in [0.15, 0.2) is 11.5 Å². The number of benzene rings is 3. The van der Waals surface area contributed by atoms with Crippen LogP contribution >= 0.6 is 23.2 Å². The molecule has 1 atom stereocenters. The lowest BCUT2D eigenvalue weighted by Gasteiger charge is -2.30. The third kappa shape index (κ3) is 5.29. The van der Waals surface area contributed by atoms with Gasteiger partial charge in [-0.15, -0.1) is 0 Å². The maximum atomic E-state index is 12.7. The Hall–Kier alpha value is -3.68. The van der Waals surface area contributed by atoms with Crippen LogP contribution in [0.2, 0.25) is 10.0 Å². The number of fused-ring (bicyclic) bond motifs is 2. The minimum atomic E-state index is -0.221. The van der Waals surface area contributed by atoms with Gasteiger partial charge in [-0.1, -0.05) is 41.4 Å². The second-order valence-corrected chi connectivity index (χ2v) is 10.5. The smallest absolute Gasteiger partial charge is 0.261 e. The second kappa shape index (κ2) is 11.2. The fraction of sp³-hybridized carbons (Fsp3) is 0.267. The van der Waals surface area contributed by atoms with Crippen LogP contribution < -0.4 is 19.7 Å². The van der Waals surface area contributed by atoms with Crippen molar-refractivity contribution in [2.45, 2.75) is 32.2 Å². The van der Waals surface area contributed by atoms with Crippen molar-refractivity contribution in [1.29, 1.82) is 0 Å². The Labute approximate surface area is 237 Å². The topological polar surface area (TPSA) is 71.1 Å². The Bertz CT molecular complexity index is 1440. The van der Waals surface area contributed by atoms with E-state index in [4.69, 9.17) is 32.7 Å². The number of ether oxygens (including phenoxy) is 2. The fourth-order valence-corrected chi connectivity index (χ4v) is 5.33. The first-order chi connectivity index (χ1) is 18.8. The summed E-state index contributed by atoms with van der Waals surface area (Å²) in [7, 11) is 3.60. The van der Waals surface area contributed by atoms with E-state index in [1.54, 1.807) is 49.6 Å². The summed E-state index contributed by atoms with van der Waals surface area (Å²) < 4.78 is 12.0. The van der Waals surface area contributed by atoms with Gasteiger partial charge in [0.1, 0.15) is 5.75 Å². The van der Waals surface area contributed by atoms with Crippen molar-refractivity contribution in [3.05, 3.63) is 87.5 Å². The van der Waals surface area contributed by atoms with Crippen LogP contribution in [-0.4, -0.2) is 43.5 Å². The van der Waals surface area contributed by atoms with E-state index in [-0.39, 0.29) is 17.9 Å². The highest BCUT2D eigenvalue weighted by atomic mass is 35.5. The van der Waals surface area contributed by atoms with Crippen LogP contribution in [0, 0.1) is 0 Å². The van der Waals surface area contributed by atoms with E-state index in [2.05, 4.69) is 18.3 Å². The first-order valence-corrected chi connectivity index (χ1v) is 13.5. The van der Waals surface area contributed by atoms with Gasteiger partial charge < -0.3 is 19.7 Å². The van der Waals surface area contributed by atoms with Crippen LogP contribution in [0.25, 0.3) is 0 Å². The summed E-state index contributed by atoms with van der Waals surface area (Å²) in [5.41, 5.74) is 3.83. The number of hydrogen-bond acceptors (Lipinski definition) is 6. The average Bonchev–Trinajstić information content (AvgIpc) is 3.16. The standard InChI is InChI=1S/C30H29Cl2N3O4/c1-18(8-6-15-35-29(36)20-9-4-5-10-21(20)30(35)37)33-25-17-26(38-3)28(22-11-7-14-34(2)27(22)25)39-19-12-13-23(31)24(32)16-19/h4-5,7,9-10,12-14,16-18,33H,6,8,11,15H2,1-3H3. The Morgan fingerprint density at radius 1 is 1.03 bits per heavy atom. The number of hydrogen-bond donors (Lipinski definition) is 1. The van der Waals surface area contributed by atoms with Crippen LogP contribution in [0.15, 0.2) is 60.8 Å². The monoisotopic (exact) mass is 565 g/mol. The summed E-state index contributed by atoms with van der Waals surface area (Å²) in [6.07, 6.45) is 6.18. The van der Waals surface area contributed by atoms with Gasteiger partial charge in [0, 0.05) is 43.5 Å². The number of halogens is 2. The summed E-state index contributed by atoms with van der Waals surface area (Å²) in [4.78, 5) is 28.7. The number of rotatable bonds is 9.